The monoisotopic (exact) mass is 282 g/mol. The number of rotatable bonds is 7. The van der Waals surface area contributed by atoms with Crippen molar-refractivity contribution in [3.05, 3.63) is 0 Å². The van der Waals surface area contributed by atoms with E-state index in [-0.39, 0.29) is 0 Å². The van der Waals surface area contributed by atoms with E-state index in [2.05, 4.69) is 6.92 Å². The molecular weight excluding hydrogens is 247 g/mol. The Bertz CT molecular complexity index is 244. The van der Waals surface area contributed by atoms with Gasteiger partial charge in [0, 0.05) is 0 Å². The molecule has 20 heavy (non-hydrogen) atoms. The zero-order valence-corrected chi connectivity index (χ0v) is 13.6. The highest BCUT2D eigenvalue weighted by molar-refractivity contribution is 4.78. The summed E-state index contributed by atoms with van der Waals surface area (Å²) in [4.78, 5) is 0. The SMILES string of the molecule is CC1CCC(CCCCCCC2CCCCC2)C(F)C1. The molecule has 0 N–H and O–H groups in total. The minimum absolute atomic E-state index is 0.393. The molecule has 118 valence electrons. The first-order chi connectivity index (χ1) is 9.75. The molecule has 2 rings (SSSR count). The largest absolute Gasteiger partial charge is 0.247 e. The fourth-order valence-electron chi connectivity index (χ4n) is 4.37. The lowest BCUT2D eigenvalue weighted by molar-refractivity contribution is 0.124. The van der Waals surface area contributed by atoms with E-state index in [1.165, 1.54) is 70.6 Å². The van der Waals surface area contributed by atoms with Gasteiger partial charge in [-0.05, 0) is 37.0 Å². The van der Waals surface area contributed by atoms with Crippen molar-refractivity contribution in [2.24, 2.45) is 17.8 Å². The molecule has 1 heteroatoms. The van der Waals surface area contributed by atoms with Crippen LogP contribution in [-0.2, 0) is 0 Å². The minimum atomic E-state index is -0.499. The average molecular weight is 282 g/mol. The highest BCUT2D eigenvalue weighted by Gasteiger charge is 2.27. The quantitative estimate of drug-likeness (QED) is 0.457. The Kier molecular flexibility index (Phi) is 7.38. The van der Waals surface area contributed by atoms with Gasteiger partial charge in [0.1, 0.15) is 6.17 Å². The summed E-state index contributed by atoms with van der Waals surface area (Å²) < 4.78 is 13.9. The summed E-state index contributed by atoms with van der Waals surface area (Å²) in [6.07, 6.45) is 18.2. The Balaban J connectivity index is 1.45. The van der Waals surface area contributed by atoms with Crippen molar-refractivity contribution in [3.8, 4) is 0 Å². The average Bonchev–Trinajstić information content (AvgIpc) is 2.46. The molecule has 0 radical (unpaired) electrons. The molecule has 2 aliphatic rings. The Morgan fingerprint density at radius 2 is 1.50 bits per heavy atom. The highest BCUT2D eigenvalue weighted by Crippen LogP contribution is 2.34. The molecular formula is C19H35F. The minimum Gasteiger partial charge on any atom is -0.247 e. The van der Waals surface area contributed by atoms with E-state index in [1.54, 1.807) is 0 Å². The Labute approximate surface area is 125 Å². The standard InChI is InChI=1S/C19H35F/c1-16-13-14-18(19(20)15-16)12-8-3-2-5-9-17-10-6-4-7-11-17/h16-19H,2-15H2,1H3. The lowest BCUT2D eigenvalue weighted by Crippen LogP contribution is -2.24. The summed E-state index contributed by atoms with van der Waals surface area (Å²) in [6, 6.07) is 0. The molecule has 0 aromatic carbocycles. The van der Waals surface area contributed by atoms with Crippen LogP contribution in [0, 0.1) is 17.8 Å². The van der Waals surface area contributed by atoms with Crippen LogP contribution in [-0.4, -0.2) is 6.17 Å². The lowest BCUT2D eigenvalue weighted by Gasteiger charge is -2.29. The van der Waals surface area contributed by atoms with Gasteiger partial charge >= 0.3 is 0 Å². The second kappa shape index (κ2) is 9.05. The van der Waals surface area contributed by atoms with Gasteiger partial charge in [-0.2, -0.15) is 0 Å². The van der Waals surface area contributed by atoms with E-state index < -0.39 is 6.17 Å². The van der Waals surface area contributed by atoms with Gasteiger partial charge in [0.2, 0.25) is 0 Å². The fraction of sp³-hybridized carbons (Fsp3) is 1.00. The van der Waals surface area contributed by atoms with Gasteiger partial charge in [-0.1, -0.05) is 77.6 Å². The van der Waals surface area contributed by atoms with Crippen LogP contribution in [0.25, 0.3) is 0 Å². The van der Waals surface area contributed by atoms with Crippen molar-refractivity contribution in [1.82, 2.24) is 0 Å². The summed E-state index contributed by atoms with van der Waals surface area (Å²) in [5.74, 6) is 2.06. The first-order valence-electron chi connectivity index (χ1n) is 9.39. The van der Waals surface area contributed by atoms with Crippen LogP contribution in [0.5, 0.6) is 0 Å². The molecule has 3 atom stereocenters. The molecule has 2 aliphatic carbocycles. The third-order valence-electron chi connectivity index (χ3n) is 5.83. The van der Waals surface area contributed by atoms with Crippen LogP contribution in [0.3, 0.4) is 0 Å². The topological polar surface area (TPSA) is 0 Å². The van der Waals surface area contributed by atoms with Crippen molar-refractivity contribution >= 4 is 0 Å². The molecule has 0 aromatic heterocycles. The van der Waals surface area contributed by atoms with E-state index in [0.717, 1.165) is 25.2 Å². The van der Waals surface area contributed by atoms with E-state index in [4.69, 9.17) is 0 Å². The van der Waals surface area contributed by atoms with Crippen LogP contribution >= 0.6 is 0 Å². The lowest BCUT2D eigenvalue weighted by atomic mass is 9.79. The van der Waals surface area contributed by atoms with Gasteiger partial charge in [-0.25, -0.2) is 4.39 Å². The molecule has 2 fully saturated rings. The van der Waals surface area contributed by atoms with E-state index in [9.17, 15) is 4.39 Å². The van der Waals surface area contributed by atoms with Gasteiger partial charge in [0.15, 0.2) is 0 Å². The zero-order chi connectivity index (χ0) is 14.2. The van der Waals surface area contributed by atoms with Gasteiger partial charge in [-0.15, -0.1) is 0 Å². The van der Waals surface area contributed by atoms with Crippen LogP contribution in [0.15, 0.2) is 0 Å². The molecule has 0 spiro atoms. The van der Waals surface area contributed by atoms with Gasteiger partial charge in [-0.3, -0.25) is 0 Å². The summed E-state index contributed by atoms with van der Waals surface area (Å²) in [6.45, 7) is 2.20. The molecule has 0 amide bonds. The maximum Gasteiger partial charge on any atom is 0.103 e. The zero-order valence-electron chi connectivity index (χ0n) is 13.6. The molecule has 0 aromatic rings. The second-order valence-electron chi connectivity index (χ2n) is 7.69. The van der Waals surface area contributed by atoms with Crippen molar-refractivity contribution in [3.63, 3.8) is 0 Å². The van der Waals surface area contributed by atoms with Gasteiger partial charge in [0.05, 0.1) is 0 Å². The predicted molar refractivity (Wildman–Crippen MR) is 85.7 cm³/mol. The highest BCUT2D eigenvalue weighted by atomic mass is 19.1. The van der Waals surface area contributed by atoms with Crippen LogP contribution in [0.2, 0.25) is 0 Å². The second-order valence-corrected chi connectivity index (χ2v) is 7.69. The molecule has 2 saturated carbocycles. The number of alkyl halides is 1. The summed E-state index contributed by atoms with van der Waals surface area (Å²) in [5, 5.41) is 0. The maximum atomic E-state index is 13.9. The smallest absolute Gasteiger partial charge is 0.103 e. The number of halogens is 1. The van der Waals surface area contributed by atoms with Gasteiger partial charge < -0.3 is 0 Å². The molecule has 0 nitrogen and oxygen atoms in total. The first kappa shape index (κ1) is 16.3. The maximum absolute atomic E-state index is 13.9. The Morgan fingerprint density at radius 1 is 0.800 bits per heavy atom. The summed E-state index contributed by atoms with van der Waals surface area (Å²) >= 11 is 0. The first-order valence-corrected chi connectivity index (χ1v) is 9.39. The van der Waals surface area contributed by atoms with Gasteiger partial charge in [0.25, 0.3) is 0 Å². The van der Waals surface area contributed by atoms with Crippen LogP contribution < -0.4 is 0 Å². The van der Waals surface area contributed by atoms with Crippen molar-refractivity contribution in [1.29, 1.82) is 0 Å². The normalized spacial score (nSPS) is 32.4. The molecule has 0 heterocycles. The third-order valence-corrected chi connectivity index (χ3v) is 5.83. The molecule has 0 saturated heterocycles. The van der Waals surface area contributed by atoms with E-state index >= 15 is 0 Å². The molecule has 0 aliphatic heterocycles. The van der Waals surface area contributed by atoms with Crippen molar-refractivity contribution in [2.75, 3.05) is 0 Å². The number of hydrogen-bond acceptors (Lipinski definition) is 0. The summed E-state index contributed by atoms with van der Waals surface area (Å²) in [5.41, 5.74) is 0. The predicted octanol–water partition coefficient (Wildman–Crippen LogP) is 6.68. The van der Waals surface area contributed by atoms with Crippen molar-refractivity contribution in [2.45, 2.75) is 103 Å². The number of unbranched alkanes of at least 4 members (excludes halogenated alkanes) is 3. The summed E-state index contributed by atoms with van der Waals surface area (Å²) in [7, 11) is 0. The van der Waals surface area contributed by atoms with E-state index in [0.29, 0.717) is 11.8 Å². The Hall–Kier alpha value is -0.0700. The Morgan fingerprint density at radius 3 is 2.20 bits per heavy atom. The molecule has 3 unspecified atom stereocenters. The fourth-order valence-corrected chi connectivity index (χ4v) is 4.37. The van der Waals surface area contributed by atoms with Crippen molar-refractivity contribution < 1.29 is 4.39 Å². The van der Waals surface area contributed by atoms with E-state index in [1.807, 2.05) is 0 Å². The van der Waals surface area contributed by atoms with Crippen LogP contribution in [0.1, 0.15) is 96.8 Å². The third kappa shape index (κ3) is 5.74. The van der Waals surface area contributed by atoms with Crippen LogP contribution in [0.4, 0.5) is 4.39 Å². The number of hydrogen-bond donors (Lipinski definition) is 0. The molecule has 0 bridgehead atoms.